The number of nitrogens with zero attached hydrogens (tertiary/aromatic N) is 1. The number of rotatable bonds is 7. The molecule has 1 aromatic heterocycles. The first-order valence-electron chi connectivity index (χ1n) is 8.25. The van der Waals surface area contributed by atoms with E-state index in [1.165, 1.54) is 24.3 Å². The summed E-state index contributed by atoms with van der Waals surface area (Å²) in [7, 11) is 0. The summed E-state index contributed by atoms with van der Waals surface area (Å²) < 4.78 is 51.8. The van der Waals surface area contributed by atoms with Crippen LogP contribution in [0.3, 0.4) is 0 Å². The van der Waals surface area contributed by atoms with Crippen molar-refractivity contribution in [1.82, 2.24) is 10.5 Å². The van der Waals surface area contributed by atoms with E-state index in [0.29, 0.717) is 29.3 Å². The molecule has 0 fully saturated rings. The first-order chi connectivity index (χ1) is 13.3. The van der Waals surface area contributed by atoms with Crippen molar-refractivity contribution in [3.8, 4) is 23.0 Å². The summed E-state index contributed by atoms with van der Waals surface area (Å²) in [4.78, 5) is 4.35. The number of hydroxylamine groups is 1. The number of benzene rings is 2. The molecule has 1 heterocycles. The second-order valence-electron chi connectivity index (χ2n) is 5.87. The number of nitrogens with one attached hydrogen (secondary N) is 1. The Bertz CT molecular complexity index is 924. The molecule has 0 atom stereocenters. The third-order valence-electron chi connectivity index (χ3n) is 3.78. The minimum absolute atomic E-state index is 0.153. The fraction of sp³-hybridized carbons (Fsp3) is 0.211. The Morgan fingerprint density at radius 1 is 1.11 bits per heavy atom. The van der Waals surface area contributed by atoms with E-state index in [1.807, 2.05) is 6.07 Å². The highest BCUT2D eigenvalue weighted by Gasteiger charge is 2.31. The highest BCUT2D eigenvalue weighted by Crippen LogP contribution is 2.27. The molecule has 6 nitrogen and oxygen atoms in total. The summed E-state index contributed by atoms with van der Waals surface area (Å²) in [5.74, 6) is 1.09. The molecule has 0 unspecified atom stereocenters. The summed E-state index contributed by atoms with van der Waals surface area (Å²) >= 11 is 0. The standard InChI is InChI=1S/C19H17F3N2O4/c1-12-17(11-26-16-4-2-3-13(9-16)10-23-25)24-18(27-12)14-5-7-15(8-6-14)28-19(20,21)22/h2-9,23,25H,10-11H2,1H3. The van der Waals surface area contributed by atoms with Crippen LogP contribution in [0.15, 0.2) is 52.9 Å². The van der Waals surface area contributed by atoms with Crippen molar-refractivity contribution in [1.29, 1.82) is 0 Å². The molecule has 3 aromatic rings. The average Bonchev–Trinajstić information content (AvgIpc) is 3.01. The molecule has 0 aliphatic rings. The van der Waals surface area contributed by atoms with E-state index < -0.39 is 6.36 Å². The lowest BCUT2D eigenvalue weighted by Crippen LogP contribution is -2.16. The van der Waals surface area contributed by atoms with Gasteiger partial charge < -0.3 is 19.1 Å². The summed E-state index contributed by atoms with van der Waals surface area (Å²) in [5, 5.41) is 8.76. The highest BCUT2D eigenvalue weighted by molar-refractivity contribution is 5.55. The van der Waals surface area contributed by atoms with Crippen LogP contribution in [-0.2, 0) is 13.2 Å². The summed E-state index contributed by atoms with van der Waals surface area (Å²) in [6, 6.07) is 12.4. The van der Waals surface area contributed by atoms with Gasteiger partial charge in [-0.15, -0.1) is 13.2 Å². The van der Waals surface area contributed by atoms with Crippen LogP contribution in [0.25, 0.3) is 11.5 Å². The van der Waals surface area contributed by atoms with Gasteiger partial charge in [0, 0.05) is 12.1 Å². The molecule has 0 amide bonds. The number of aromatic nitrogens is 1. The van der Waals surface area contributed by atoms with Gasteiger partial charge in [0.2, 0.25) is 5.89 Å². The Balaban J connectivity index is 1.68. The zero-order valence-electron chi connectivity index (χ0n) is 14.8. The lowest BCUT2D eigenvalue weighted by molar-refractivity contribution is -0.274. The molecular formula is C19H17F3N2O4. The average molecular weight is 394 g/mol. The number of hydrogen-bond acceptors (Lipinski definition) is 6. The van der Waals surface area contributed by atoms with Crippen molar-refractivity contribution in [3.05, 3.63) is 65.5 Å². The topological polar surface area (TPSA) is 76.8 Å². The van der Waals surface area contributed by atoms with Crippen LogP contribution in [0.4, 0.5) is 13.2 Å². The number of hydrogen-bond donors (Lipinski definition) is 2. The first-order valence-corrected chi connectivity index (χ1v) is 8.25. The third kappa shape index (κ3) is 5.24. The van der Waals surface area contributed by atoms with Crippen molar-refractivity contribution in [2.75, 3.05) is 0 Å². The molecule has 0 bridgehead atoms. The lowest BCUT2D eigenvalue weighted by Gasteiger charge is -2.08. The van der Waals surface area contributed by atoms with Crippen LogP contribution in [0.1, 0.15) is 17.0 Å². The van der Waals surface area contributed by atoms with E-state index in [9.17, 15) is 13.2 Å². The van der Waals surface area contributed by atoms with Gasteiger partial charge in [-0.25, -0.2) is 10.5 Å². The van der Waals surface area contributed by atoms with E-state index in [4.69, 9.17) is 14.4 Å². The highest BCUT2D eigenvalue weighted by atomic mass is 19.4. The monoisotopic (exact) mass is 394 g/mol. The van der Waals surface area contributed by atoms with Gasteiger partial charge in [-0.3, -0.25) is 0 Å². The lowest BCUT2D eigenvalue weighted by atomic mass is 10.2. The van der Waals surface area contributed by atoms with E-state index in [2.05, 4.69) is 15.2 Å². The molecule has 0 saturated carbocycles. The molecule has 2 aromatic carbocycles. The van der Waals surface area contributed by atoms with Crippen LogP contribution in [0.2, 0.25) is 0 Å². The van der Waals surface area contributed by atoms with Crippen molar-refractivity contribution >= 4 is 0 Å². The maximum absolute atomic E-state index is 12.2. The summed E-state index contributed by atoms with van der Waals surface area (Å²) in [6.07, 6.45) is -4.74. The molecule has 28 heavy (non-hydrogen) atoms. The van der Waals surface area contributed by atoms with Gasteiger partial charge in [-0.2, -0.15) is 0 Å². The minimum atomic E-state index is -4.74. The number of alkyl halides is 3. The molecule has 0 aliphatic heterocycles. The molecule has 0 spiro atoms. The predicted molar refractivity (Wildman–Crippen MR) is 92.8 cm³/mol. The van der Waals surface area contributed by atoms with Crippen LogP contribution >= 0.6 is 0 Å². The molecule has 9 heteroatoms. The van der Waals surface area contributed by atoms with Gasteiger partial charge in [0.25, 0.3) is 0 Å². The van der Waals surface area contributed by atoms with Gasteiger partial charge in [-0.05, 0) is 48.9 Å². The number of ether oxygens (including phenoxy) is 2. The van der Waals surface area contributed by atoms with E-state index in [1.54, 1.807) is 25.1 Å². The fourth-order valence-electron chi connectivity index (χ4n) is 2.47. The molecule has 148 valence electrons. The Morgan fingerprint density at radius 2 is 1.86 bits per heavy atom. The molecule has 2 N–H and O–H groups in total. The number of aryl methyl sites for hydroxylation is 1. The van der Waals surface area contributed by atoms with Gasteiger partial charge in [0.1, 0.15) is 29.6 Å². The van der Waals surface area contributed by atoms with Crippen molar-refractivity contribution in [2.24, 2.45) is 0 Å². The summed E-state index contributed by atoms with van der Waals surface area (Å²) in [5.41, 5.74) is 4.00. The quantitative estimate of drug-likeness (QED) is 0.570. The normalized spacial score (nSPS) is 11.5. The Kier molecular flexibility index (Phi) is 5.86. The smallest absolute Gasteiger partial charge is 0.487 e. The molecule has 0 radical (unpaired) electrons. The largest absolute Gasteiger partial charge is 0.573 e. The fourth-order valence-corrected chi connectivity index (χ4v) is 2.47. The van der Waals surface area contributed by atoms with Crippen LogP contribution in [0.5, 0.6) is 11.5 Å². The van der Waals surface area contributed by atoms with Crippen molar-refractivity contribution in [3.63, 3.8) is 0 Å². The number of oxazole rings is 1. The van der Waals surface area contributed by atoms with E-state index >= 15 is 0 Å². The van der Waals surface area contributed by atoms with Gasteiger partial charge in [-0.1, -0.05) is 12.1 Å². The maximum atomic E-state index is 12.2. The Hall–Kier alpha value is -3.04. The maximum Gasteiger partial charge on any atom is 0.573 e. The van der Waals surface area contributed by atoms with Crippen LogP contribution in [-0.4, -0.2) is 16.6 Å². The van der Waals surface area contributed by atoms with Crippen molar-refractivity contribution < 1.29 is 32.3 Å². The predicted octanol–water partition coefficient (Wildman–Crippen LogP) is 4.61. The van der Waals surface area contributed by atoms with Gasteiger partial charge in [0.05, 0.1) is 0 Å². The van der Waals surface area contributed by atoms with Crippen molar-refractivity contribution in [2.45, 2.75) is 26.4 Å². The minimum Gasteiger partial charge on any atom is -0.487 e. The zero-order chi connectivity index (χ0) is 20.1. The first kappa shape index (κ1) is 19.7. The van der Waals surface area contributed by atoms with E-state index in [0.717, 1.165) is 5.56 Å². The Morgan fingerprint density at radius 3 is 2.54 bits per heavy atom. The molecule has 0 aliphatic carbocycles. The molecule has 3 rings (SSSR count). The SMILES string of the molecule is Cc1oc(-c2ccc(OC(F)(F)F)cc2)nc1COc1cccc(CNO)c1. The molecule has 0 saturated heterocycles. The second kappa shape index (κ2) is 8.32. The second-order valence-corrected chi connectivity index (χ2v) is 5.87. The van der Waals surface area contributed by atoms with E-state index in [-0.39, 0.29) is 18.2 Å². The van der Waals surface area contributed by atoms with Crippen LogP contribution in [0, 0.1) is 6.92 Å². The summed E-state index contributed by atoms with van der Waals surface area (Å²) in [6.45, 7) is 2.17. The molecular weight excluding hydrogens is 377 g/mol. The van der Waals surface area contributed by atoms with Crippen LogP contribution < -0.4 is 15.0 Å². The van der Waals surface area contributed by atoms with Gasteiger partial charge in [0.15, 0.2) is 0 Å². The third-order valence-corrected chi connectivity index (χ3v) is 3.78. The Labute approximate surface area is 158 Å². The number of halogens is 3. The van der Waals surface area contributed by atoms with Gasteiger partial charge >= 0.3 is 6.36 Å². The zero-order valence-corrected chi connectivity index (χ0v) is 14.8.